The lowest BCUT2D eigenvalue weighted by atomic mass is 10.0. The van der Waals surface area contributed by atoms with E-state index in [1.54, 1.807) is 24.6 Å². The third kappa shape index (κ3) is 5.21. The molecule has 1 aliphatic heterocycles. The second kappa shape index (κ2) is 11.7. The Morgan fingerprint density at radius 3 is 2.54 bits per heavy atom. The first-order valence-electron chi connectivity index (χ1n) is 13.7. The topological polar surface area (TPSA) is 73.9 Å². The summed E-state index contributed by atoms with van der Waals surface area (Å²) in [5, 5.41) is 6.03. The van der Waals surface area contributed by atoms with Gasteiger partial charge in [-0.3, -0.25) is 4.68 Å². The summed E-state index contributed by atoms with van der Waals surface area (Å²) in [7, 11) is 3.76. The van der Waals surface area contributed by atoms with Crippen molar-refractivity contribution < 1.29 is 4.74 Å². The molecule has 0 saturated carbocycles. The Morgan fingerprint density at radius 2 is 1.87 bits per heavy atom. The average molecular weight is 544 g/mol. The summed E-state index contributed by atoms with van der Waals surface area (Å²) in [4.78, 5) is 19.3. The Hall–Kier alpha value is -3.56. The van der Waals surface area contributed by atoms with E-state index in [1.807, 2.05) is 36.3 Å². The Bertz CT molecular complexity index is 1540. The Kier molecular flexibility index (Phi) is 8.09. The number of aromatic nitrogens is 6. The van der Waals surface area contributed by atoms with E-state index in [0.717, 1.165) is 69.7 Å². The van der Waals surface area contributed by atoms with E-state index in [9.17, 15) is 0 Å². The molecule has 0 radical (unpaired) electrons. The molecule has 4 aromatic heterocycles. The first-order chi connectivity index (χ1) is 19.0. The zero-order valence-electron chi connectivity index (χ0n) is 23.6. The molecular weight excluding hydrogens is 506 g/mol. The zero-order chi connectivity index (χ0) is 27.5. The van der Waals surface area contributed by atoms with Crippen molar-refractivity contribution in [1.29, 1.82) is 0 Å². The van der Waals surface area contributed by atoms with Crippen molar-refractivity contribution in [3.63, 3.8) is 0 Å². The molecule has 0 amide bonds. The molecule has 1 fully saturated rings. The van der Waals surface area contributed by atoms with E-state index in [4.69, 9.17) is 19.8 Å². The molecule has 1 saturated heterocycles. The van der Waals surface area contributed by atoms with E-state index < -0.39 is 0 Å². The molecule has 204 valence electrons. The van der Waals surface area contributed by atoms with Gasteiger partial charge in [0.25, 0.3) is 0 Å². The lowest BCUT2D eigenvalue weighted by molar-refractivity contribution is 0.161. The molecule has 1 aliphatic rings. The molecule has 5 aromatic rings. The predicted molar refractivity (Wildman–Crippen MR) is 160 cm³/mol. The fraction of sp³-hybridized carbons (Fsp3) is 0.400. The third-order valence-corrected chi connectivity index (χ3v) is 8.08. The SMILES string of the molecule is CC.COCC1CCN(c2nc(-c3nccn3C)nc3sc(-c4ccn(C(C)C)n4)c(-c4ccccc4)c23)C1. The van der Waals surface area contributed by atoms with E-state index in [2.05, 4.69) is 66.3 Å². The Morgan fingerprint density at radius 1 is 1.08 bits per heavy atom. The van der Waals surface area contributed by atoms with Gasteiger partial charge in [-0.2, -0.15) is 5.10 Å². The molecular formula is C30H37N7OS. The van der Waals surface area contributed by atoms with Crippen LogP contribution in [0.4, 0.5) is 5.82 Å². The monoisotopic (exact) mass is 543 g/mol. The van der Waals surface area contributed by atoms with E-state index in [1.165, 1.54) is 0 Å². The summed E-state index contributed by atoms with van der Waals surface area (Å²) in [5.74, 6) is 2.85. The molecule has 8 nitrogen and oxygen atoms in total. The molecule has 5 heterocycles. The minimum absolute atomic E-state index is 0.288. The van der Waals surface area contributed by atoms with Crippen molar-refractivity contribution in [3.05, 3.63) is 55.0 Å². The molecule has 39 heavy (non-hydrogen) atoms. The number of fused-ring (bicyclic) bond motifs is 1. The number of benzene rings is 1. The van der Waals surface area contributed by atoms with Crippen molar-refractivity contribution in [3.8, 4) is 33.3 Å². The number of methoxy groups -OCH3 is 1. The van der Waals surface area contributed by atoms with Gasteiger partial charge in [0.2, 0.25) is 0 Å². The fourth-order valence-electron chi connectivity index (χ4n) is 5.10. The van der Waals surface area contributed by atoms with Crippen molar-refractivity contribution in [2.24, 2.45) is 13.0 Å². The maximum Gasteiger partial charge on any atom is 0.199 e. The van der Waals surface area contributed by atoms with Gasteiger partial charge < -0.3 is 14.2 Å². The number of hydrogen-bond donors (Lipinski definition) is 0. The molecule has 1 atom stereocenters. The van der Waals surface area contributed by atoms with E-state index >= 15 is 0 Å². The molecule has 9 heteroatoms. The van der Waals surface area contributed by atoms with Crippen molar-refractivity contribution >= 4 is 27.4 Å². The molecule has 6 rings (SSSR count). The first kappa shape index (κ1) is 27.0. The van der Waals surface area contributed by atoms with Gasteiger partial charge in [-0.15, -0.1) is 11.3 Å². The summed E-state index contributed by atoms with van der Waals surface area (Å²) in [5.41, 5.74) is 3.25. The van der Waals surface area contributed by atoms with E-state index in [-0.39, 0.29) is 6.04 Å². The number of rotatable bonds is 7. The maximum absolute atomic E-state index is 5.49. The average Bonchev–Trinajstić information content (AvgIpc) is 3.75. The highest BCUT2D eigenvalue weighted by Gasteiger charge is 2.30. The lowest BCUT2D eigenvalue weighted by Gasteiger charge is -2.20. The largest absolute Gasteiger partial charge is 0.384 e. The summed E-state index contributed by atoms with van der Waals surface area (Å²) >= 11 is 1.68. The standard InChI is InChI=1S/C28H31N7OS.C2H6/c1-18(2)35-14-11-21(32-35)24-22(20-8-6-5-7-9-20)23-26(34-13-10-19(16-34)17-36-4)30-25(31-28(23)37-24)27-29-12-15-33(27)3;1-2/h5-9,11-12,14-15,18-19H,10,13,16-17H2,1-4H3;1-2H3. The van der Waals surface area contributed by atoms with Crippen LogP contribution in [0.2, 0.25) is 0 Å². The highest BCUT2D eigenvalue weighted by atomic mass is 32.1. The quantitative estimate of drug-likeness (QED) is 0.227. The van der Waals surface area contributed by atoms with Crippen LogP contribution in [0.5, 0.6) is 0 Å². The predicted octanol–water partition coefficient (Wildman–Crippen LogP) is 6.70. The van der Waals surface area contributed by atoms with Gasteiger partial charge in [-0.1, -0.05) is 44.2 Å². The highest BCUT2D eigenvalue weighted by Crippen LogP contribution is 2.47. The zero-order valence-corrected chi connectivity index (χ0v) is 24.4. The minimum Gasteiger partial charge on any atom is -0.384 e. The summed E-state index contributed by atoms with van der Waals surface area (Å²) < 4.78 is 9.47. The Labute approximate surface area is 234 Å². The van der Waals surface area contributed by atoms with Crippen LogP contribution in [0.15, 0.2) is 55.0 Å². The highest BCUT2D eigenvalue weighted by molar-refractivity contribution is 7.22. The Balaban J connectivity index is 0.00000151. The van der Waals surface area contributed by atoms with E-state index in [0.29, 0.717) is 11.7 Å². The molecule has 1 unspecified atom stereocenters. The van der Waals surface area contributed by atoms with Crippen molar-refractivity contribution in [1.82, 2.24) is 29.3 Å². The van der Waals surface area contributed by atoms with Crippen LogP contribution < -0.4 is 4.90 Å². The van der Waals surface area contributed by atoms with Gasteiger partial charge in [-0.25, -0.2) is 15.0 Å². The molecule has 1 aromatic carbocycles. The molecule has 0 aliphatic carbocycles. The van der Waals surface area contributed by atoms with Gasteiger partial charge in [0, 0.05) is 63.4 Å². The number of aryl methyl sites for hydroxylation is 1. The van der Waals surface area contributed by atoms with Gasteiger partial charge in [0.15, 0.2) is 11.6 Å². The molecule has 0 spiro atoms. The number of nitrogens with zero attached hydrogens (tertiary/aromatic N) is 7. The fourth-order valence-corrected chi connectivity index (χ4v) is 6.25. The number of thiophene rings is 1. The second-order valence-corrected chi connectivity index (χ2v) is 10.9. The minimum atomic E-state index is 0.288. The summed E-state index contributed by atoms with van der Waals surface area (Å²) in [6, 6.07) is 12.9. The number of anilines is 1. The van der Waals surface area contributed by atoms with Gasteiger partial charge in [0.05, 0.1) is 16.9 Å². The van der Waals surface area contributed by atoms with Crippen LogP contribution in [-0.2, 0) is 11.8 Å². The second-order valence-electron chi connectivity index (χ2n) is 9.92. The van der Waals surface area contributed by atoms with Crippen molar-refractivity contribution in [2.45, 2.75) is 40.2 Å². The first-order valence-corrected chi connectivity index (χ1v) is 14.5. The molecule has 0 N–H and O–H groups in total. The van der Waals surface area contributed by atoms with Crippen molar-refractivity contribution in [2.75, 3.05) is 31.7 Å². The number of imidazole rings is 1. The van der Waals surface area contributed by atoms with Crippen LogP contribution in [0.25, 0.3) is 43.6 Å². The number of hydrogen-bond acceptors (Lipinski definition) is 7. The summed E-state index contributed by atoms with van der Waals surface area (Å²) in [6.45, 7) is 10.9. The van der Waals surface area contributed by atoms with Crippen LogP contribution in [0, 0.1) is 5.92 Å². The number of ether oxygens (including phenoxy) is 1. The van der Waals surface area contributed by atoms with Crippen LogP contribution in [0.1, 0.15) is 40.2 Å². The van der Waals surface area contributed by atoms with Crippen LogP contribution in [-0.4, -0.2) is 56.1 Å². The van der Waals surface area contributed by atoms with Gasteiger partial charge in [0.1, 0.15) is 16.3 Å². The normalized spacial score (nSPS) is 15.3. The maximum atomic E-state index is 5.49. The lowest BCUT2D eigenvalue weighted by Crippen LogP contribution is -2.23. The van der Waals surface area contributed by atoms with Crippen LogP contribution in [0.3, 0.4) is 0 Å². The third-order valence-electron chi connectivity index (χ3n) is 6.97. The molecule has 0 bridgehead atoms. The smallest absolute Gasteiger partial charge is 0.199 e. The van der Waals surface area contributed by atoms with Gasteiger partial charge >= 0.3 is 0 Å². The summed E-state index contributed by atoms with van der Waals surface area (Å²) in [6.07, 6.45) is 6.86. The van der Waals surface area contributed by atoms with Crippen LogP contribution >= 0.6 is 11.3 Å². The van der Waals surface area contributed by atoms with Gasteiger partial charge in [-0.05, 0) is 31.9 Å².